The van der Waals surface area contributed by atoms with E-state index in [0.29, 0.717) is 29.6 Å². The summed E-state index contributed by atoms with van der Waals surface area (Å²) < 4.78 is 26.2. The molecule has 4 aromatic rings. The molecule has 0 aliphatic carbocycles. The van der Waals surface area contributed by atoms with Crippen LogP contribution >= 0.6 is 11.8 Å². The normalized spacial score (nSPS) is 14.9. The van der Waals surface area contributed by atoms with Gasteiger partial charge in [-0.2, -0.15) is 4.98 Å². The molecule has 0 spiro atoms. The summed E-state index contributed by atoms with van der Waals surface area (Å²) in [4.78, 5) is 6.72. The number of hydrogen-bond acceptors (Lipinski definition) is 8. The molecule has 0 amide bonds. The molecule has 10 heteroatoms. The highest BCUT2D eigenvalue weighted by atomic mass is 32.2. The zero-order valence-electron chi connectivity index (χ0n) is 17.6. The molecule has 1 aliphatic rings. The van der Waals surface area contributed by atoms with E-state index in [-0.39, 0.29) is 5.82 Å². The first-order valence-electron chi connectivity index (χ1n) is 10.6. The minimum absolute atomic E-state index is 0.303. The maximum Gasteiger partial charge on any atom is 0.237 e. The minimum Gasteiger partial charge on any atom is -0.467 e. The molecule has 0 saturated carbocycles. The van der Waals surface area contributed by atoms with Gasteiger partial charge in [-0.1, -0.05) is 23.8 Å². The zero-order valence-corrected chi connectivity index (χ0v) is 18.5. The highest BCUT2D eigenvalue weighted by Crippen LogP contribution is 2.29. The fourth-order valence-electron chi connectivity index (χ4n) is 3.68. The number of thioether (sulfide) groups is 1. The fourth-order valence-corrected chi connectivity index (χ4v) is 4.45. The third kappa shape index (κ3) is 4.55. The Morgan fingerprint density at radius 3 is 2.69 bits per heavy atom. The lowest BCUT2D eigenvalue weighted by Gasteiger charge is -2.31. The molecule has 1 aromatic carbocycles. The topological polar surface area (TPSA) is 86.0 Å². The molecule has 166 valence electrons. The minimum atomic E-state index is -0.303. The van der Waals surface area contributed by atoms with E-state index in [0.717, 1.165) is 48.7 Å². The molecule has 5 rings (SSSR count). The lowest BCUT2D eigenvalue weighted by molar-refractivity contribution is 0.391. The van der Waals surface area contributed by atoms with Gasteiger partial charge in [0.2, 0.25) is 17.7 Å². The first kappa shape index (κ1) is 20.7. The molecular weight excluding hydrogens is 431 g/mol. The van der Waals surface area contributed by atoms with Crippen LogP contribution in [0.3, 0.4) is 0 Å². The Morgan fingerprint density at radius 2 is 1.94 bits per heavy atom. The lowest BCUT2D eigenvalue weighted by atomic mass is 10.00. The summed E-state index contributed by atoms with van der Waals surface area (Å²) in [6.07, 6.45) is 3.96. The second-order valence-corrected chi connectivity index (χ2v) is 8.87. The highest BCUT2D eigenvalue weighted by molar-refractivity contribution is 7.98. The van der Waals surface area contributed by atoms with Gasteiger partial charge in [-0.3, -0.25) is 4.57 Å². The van der Waals surface area contributed by atoms with Gasteiger partial charge in [-0.05, 0) is 55.2 Å². The number of aromatic nitrogens is 5. The highest BCUT2D eigenvalue weighted by Gasteiger charge is 2.24. The molecule has 32 heavy (non-hydrogen) atoms. The van der Waals surface area contributed by atoms with E-state index in [1.165, 1.54) is 23.9 Å². The van der Waals surface area contributed by atoms with E-state index in [2.05, 4.69) is 36.7 Å². The van der Waals surface area contributed by atoms with E-state index in [4.69, 9.17) is 8.94 Å². The van der Waals surface area contributed by atoms with Crippen molar-refractivity contribution in [3.05, 3.63) is 60.1 Å². The Labute approximate surface area is 188 Å². The zero-order chi connectivity index (χ0) is 21.9. The molecule has 1 saturated heterocycles. The fraction of sp³-hybridized carbons (Fsp3) is 0.364. The van der Waals surface area contributed by atoms with Gasteiger partial charge in [0.05, 0.1) is 18.6 Å². The van der Waals surface area contributed by atoms with E-state index in [1.54, 1.807) is 18.4 Å². The molecule has 3 aromatic heterocycles. The number of hydrogen-bond donors (Lipinski definition) is 0. The predicted octanol–water partition coefficient (Wildman–Crippen LogP) is 4.64. The van der Waals surface area contributed by atoms with Crippen molar-refractivity contribution in [2.75, 3.05) is 18.0 Å². The van der Waals surface area contributed by atoms with Gasteiger partial charge in [0.1, 0.15) is 11.6 Å². The van der Waals surface area contributed by atoms with E-state index in [1.807, 2.05) is 12.1 Å². The van der Waals surface area contributed by atoms with Crippen molar-refractivity contribution in [2.24, 2.45) is 5.92 Å². The van der Waals surface area contributed by atoms with Crippen LogP contribution in [0, 0.1) is 11.7 Å². The molecular formula is C22H23FN6O2S. The van der Waals surface area contributed by atoms with Crippen molar-refractivity contribution < 1.29 is 13.3 Å². The van der Waals surface area contributed by atoms with Crippen LogP contribution in [0.5, 0.6) is 0 Å². The van der Waals surface area contributed by atoms with Crippen molar-refractivity contribution in [2.45, 2.75) is 37.2 Å². The van der Waals surface area contributed by atoms with E-state index >= 15 is 0 Å². The summed E-state index contributed by atoms with van der Waals surface area (Å²) in [5.74, 6) is 3.47. The van der Waals surface area contributed by atoms with Crippen LogP contribution in [0.4, 0.5) is 10.3 Å². The van der Waals surface area contributed by atoms with Crippen LogP contribution in [0.2, 0.25) is 0 Å². The largest absolute Gasteiger partial charge is 0.467 e. The lowest BCUT2D eigenvalue weighted by Crippen LogP contribution is -2.35. The Kier molecular flexibility index (Phi) is 5.93. The molecule has 0 bridgehead atoms. The Bertz CT molecular complexity index is 1150. The molecule has 1 aliphatic heterocycles. The van der Waals surface area contributed by atoms with Gasteiger partial charge in [0, 0.05) is 18.7 Å². The SMILES string of the molecule is CC1CCN(c2nnc(SCc3nc(-c4ccc(F)cc4)no3)n2Cc2ccco2)CC1. The van der Waals surface area contributed by atoms with Gasteiger partial charge < -0.3 is 13.8 Å². The summed E-state index contributed by atoms with van der Waals surface area (Å²) >= 11 is 1.48. The van der Waals surface area contributed by atoms with Crippen LogP contribution in [0.1, 0.15) is 31.4 Å². The first-order valence-corrected chi connectivity index (χ1v) is 11.6. The Morgan fingerprint density at radius 1 is 1.12 bits per heavy atom. The Balaban J connectivity index is 1.33. The van der Waals surface area contributed by atoms with Crippen LogP contribution in [0.25, 0.3) is 11.4 Å². The molecule has 4 heterocycles. The second-order valence-electron chi connectivity index (χ2n) is 7.92. The second kappa shape index (κ2) is 9.15. The molecule has 0 unspecified atom stereocenters. The van der Waals surface area contributed by atoms with E-state index < -0.39 is 0 Å². The van der Waals surface area contributed by atoms with Gasteiger partial charge >= 0.3 is 0 Å². The predicted molar refractivity (Wildman–Crippen MR) is 118 cm³/mol. The summed E-state index contributed by atoms with van der Waals surface area (Å²) in [7, 11) is 0. The summed E-state index contributed by atoms with van der Waals surface area (Å²) in [5.41, 5.74) is 0.703. The van der Waals surface area contributed by atoms with Gasteiger partial charge in [-0.15, -0.1) is 10.2 Å². The van der Waals surface area contributed by atoms with Gasteiger partial charge in [0.15, 0.2) is 5.16 Å². The number of rotatable bonds is 7. The van der Waals surface area contributed by atoms with Crippen molar-refractivity contribution in [3.63, 3.8) is 0 Å². The molecule has 8 nitrogen and oxygen atoms in total. The number of furan rings is 1. The standard InChI is InChI=1S/C22H23FN6O2S/c1-15-8-10-28(11-9-15)21-25-26-22(29(21)13-18-3-2-12-30-18)32-14-19-24-20(27-31-19)16-4-6-17(23)7-5-16/h2-7,12,15H,8-11,13-14H2,1H3. The Hall–Kier alpha value is -3.14. The molecule has 0 radical (unpaired) electrons. The van der Waals surface area contributed by atoms with Gasteiger partial charge in [-0.25, -0.2) is 4.39 Å². The summed E-state index contributed by atoms with van der Waals surface area (Å²) in [6, 6.07) is 9.83. The molecule has 0 atom stereocenters. The van der Waals surface area contributed by atoms with Crippen LogP contribution in [-0.2, 0) is 12.3 Å². The number of benzene rings is 1. The number of halogens is 1. The number of piperidine rings is 1. The van der Waals surface area contributed by atoms with Crippen LogP contribution < -0.4 is 4.90 Å². The van der Waals surface area contributed by atoms with Crippen molar-refractivity contribution in [1.82, 2.24) is 24.9 Å². The summed E-state index contributed by atoms with van der Waals surface area (Å²) in [5, 5.41) is 13.7. The summed E-state index contributed by atoms with van der Waals surface area (Å²) in [6.45, 7) is 4.77. The third-order valence-corrected chi connectivity index (χ3v) is 6.50. The maximum absolute atomic E-state index is 13.2. The van der Waals surface area contributed by atoms with Crippen LogP contribution in [-0.4, -0.2) is 38.0 Å². The van der Waals surface area contributed by atoms with Crippen LogP contribution in [0.15, 0.2) is 56.8 Å². The molecule has 0 N–H and O–H groups in total. The monoisotopic (exact) mass is 454 g/mol. The van der Waals surface area contributed by atoms with Crippen molar-refractivity contribution in [1.29, 1.82) is 0 Å². The quantitative estimate of drug-likeness (QED) is 0.374. The average Bonchev–Trinajstić information content (AvgIpc) is 3.56. The smallest absolute Gasteiger partial charge is 0.237 e. The first-order chi connectivity index (χ1) is 15.7. The molecule has 1 fully saturated rings. The maximum atomic E-state index is 13.2. The average molecular weight is 455 g/mol. The third-order valence-electron chi connectivity index (χ3n) is 5.55. The number of nitrogens with zero attached hydrogens (tertiary/aromatic N) is 6. The van der Waals surface area contributed by atoms with Crippen molar-refractivity contribution in [3.8, 4) is 11.4 Å². The van der Waals surface area contributed by atoms with Crippen molar-refractivity contribution >= 4 is 17.7 Å². The van der Waals surface area contributed by atoms with Gasteiger partial charge in [0.25, 0.3) is 0 Å². The van der Waals surface area contributed by atoms with E-state index in [9.17, 15) is 4.39 Å². The number of anilines is 1.